The van der Waals surface area contributed by atoms with E-state index in [1.54, 1.807) is 11.9 Å². The van der Waals surface area contributed by atoms with Crippen molar-refractivity contribution in [3.05, 3.63) is 33.9 Å². The van der Waals surface area contributed by atoms with Crippen molar-refractivity contribution in [2.45, 2.75) is 25.6 Å². The number of hydrogen-bond donors (Lipinski definition) is 0. The fraction of sp³-hybridized carbons (Fsp3) is 0.467. The van der Waals surface area contributed by atoms with Crippen LogP contribution in [0.5, 0.6) is 0 Å². The van der Waals surface area contributed by atoms with Crippen LogP contribution < -0.4 is 4.90 Å². The summed E-state index contributed by atoms with van der Waals surface area (Å²) < 4.78 is 5.55. The third-order valence-electron chi connectivity index (χ3n) is 4.49. The smallest absolute Gasteiger partial charge is 0.269 e. The standard InChI is InChI=1S/C15H17N3O5/c1-4-17(5-2)13(19)12-15(23-12)10-8-9(18(21)22)6-7-11(10)16(3)14(15)20/h6-8,12H,4-5H2,1-3H3. The Balaban J connectivity index is 2.03. The number of ether oxygens (including phenoxy) is 1. The first-order chi connectivity index (χ1) is 10.9. The summed E-state index contributed by atoms with van der Waals surface area (Å²) in [5, 5.41) is 11.0. The molecule has 2 heterocycles. The van der Waals surface area contributed by atoms with Crippen molar-refractivity contribution in [3.8, 4) is 0 Å². The molecule has 8 heteroatoms. The van der Waals surface area contributed by atoms with Gasteiger partial charge in [-0.1, -0.05) is 0 Å². The minimum atomic E-state index is -1.41. The van der Waals surface area contributed by atoms with E-state index in [9.17, 15) is 19.7 Å². The predicted octanol–water partition coefficient (Wildman–Crippen LogP) is 1.03. The number of nitro groups is 1. The highest BCUT2D eigenvalue weighted by Gasteiger charge is 2.72. The van der Waals surface area contributed by atoms with E-state index in [4.69, 9.17) is 4.74 Å². The van der Waals surface area contributed by atoms with Crippen LogP contribution in [0.2, 0.25) is 0 Å². The van der Waals surface area contributed by atoms with Crippen LogP contribution >= 0.6 is 0 Å². The summed E-state index contributed by atoms with van der Waals surface area (Å²) in [5.74, 6) is -0.630. The highest BCUT2D eigenvalue weighted by Crippen LogP contribution is 2.56. The number of fused-ring (bicyclic) bond motifs is 2. The molecular weight excluding hydrogens is 302 g/mol. The fourth-order valence-corrected chi connectivity index (χ4v) is 3.15. The van der Waals surface area contributed by atoms with E-state index in [1.807, 2.05) is 13.8 Å². The van der Waals surface area contributed by atoms with Gasteiger partial charge < -0.3 is 14.5 Å². The summed E-state index contributed by atoms with van der Waals surface area (Å²) in [7, 11) is 1.57. The molecule has 23 heavy (non-hydrogen) atoms. The zero-order chi connectivity index (χ0) is 16.9. The quantitative estimate of drug-likeness (QED) is 0.469. The van der Waals surface area contributed by atoms with E-state index >= 15 is 0 Å². The molecule has 1 spiro atoms. The SMILES string of the molecule is CCN(CC)C(=O)C1OC12C(=O)N(C)c1ccc([N+](=O)[O-])cc12. The van der Waals surface area contributed by atoms with Crippen molar-refractivity contribution in [2.75, 3.05) is 25.0 Å². The van der Waals surface area contributed by atoms with Crippen LogP contribution in [0.3, 0.4) is 0 Å². The van der Waals surface area contributed by atoms with Gasteiger partial charge in [0.05, 0.1) is 10.6 Å². The summed E-state index contributed by atoms with van der Waals surface area (Å²) in [4.78, 5) is 38.6. The number of hydrogen-bond acceptors (Lipinski definition) is 5. The molecule has 0 aromatic heterocycles. The minimum Gasteiger partial charge on any atom is -0.341 e. The molecular formula is C15H17N3O5. The van der Waals surface area contributed by atoms with Gasteiger partial charge in [0.2, 0.25) is 5.60 Å². The van der Waals surface area contributed by atoms with Gasteiger partial charge in [0, 0.05) is 37.8 Å². The molecule has 122 valence electrons. The highest BCUT2D eigenvalue weighted by atomic mass is 16.6. The number of likely N-dealkylation sites (N-methyl/N-ethyl adjacent to an activating group) is 2. The number of anilines is 1. The molecule has 1 fully saturated rings. The van der Waals surface area contributed by atoms with E-state index in [2.05, 4.69) is 0 Å². The molecule has 2 atom stereocenters. The Morgan fingerprint density at radius 1 is 1.43 bits per heavy atom. The lowest BCUT2D eigenvalue weighted by molar-refractivity contribution is -0.384. The molecule has 8 nitrogen and oxygen atoms in total. The first-order valence-electron chi connectivity index (χ1n) is 7.42. The van der Waals surface area contributed by atoms with Crippen LogP contribution in [0.1, 0.15) is 19.4 Å². The van der Waals surface area contributed by atoms with Gasteiger partial charge >= 0.3 is 0 Å². The van der Waals surface area contributed by atoms with Crippen molar-refractivity contribution in [3.63, 3.8) is 0 Å². The van der Waals surface area contributed by atoms with Crippen molar-refractivity contribution in [1.29, 1.82) is 0 Å². The molecule has 0 saturated carbocycles. The number of carbonyl (C=O) groups excluding carboxylic acids is 2. The molecule has 0 bridgehead atoms. The van der Waals surface area contributed by atoms with Crippen LogP contribution in [0, 0.1) is 10.1 Å². The molecule has 0 N–H and O–H groups in total. The Labute approximate surface area is 132 Å². The molecule has 1 aromatic carbocycles. The zero-order valence-electron chi connectivity index (χ0n) is 13.1. The Morgan fingerprint density at radius 2 is 2.09 bits per heavy atom. The van der Waals surface area contributed by atoms with Gasteiger partial charge in [-0.2, -0.15) is 0 Å². The molecule has 1 aromatic rings. The molecule has 0 aliphatic carbocycles. The van der Waals surface area contributed by atoms with Gasteiger partial charge in [-0.15, -0.1) is 0 Å². The first kappa shape index (κ1) is 15.4. The maximum atomic E-state index is 12.6. The van der Waals surface area contributed by atoms with Gasteiger partial charge in [0.1, 0.15) is 0 Å². The number of non-ortho nitro benzene ring substituents is 1. The summed E-state index contributed by atoms with van der Waals surface area (Å²) in [6.07, 6.45) is -0.916. The maximum Gasteiger partial charge on any atom is 0.269 e. The van der Waals surface area contributed by atoms with E-state index in [0.29, 0.717) is 24.3 Å². The van der Waals surface area contributed by atoms with Crippen LogP contribution in [0.25, 0.3) is 0 Å². The number of nitrogens with zero attached hydrogens (tertiary/aromatic N) is 3. The molecule has 2 aliphatic rings. The molecule has 0 radical (unpaired) electrons. The molecule has 2 unspecified atom stereocenters. The molecule has 2 aliphatic heterocycles. The lowest BCUT2D eigenvalue weighted by Gasteiger charge is -2.17. The summed E-state index contributed by atoms with van der Waals surface area (Å²) in [5.41, 5.74) is -0.605. The number of amides is 2. The van der Waals surface area contributed by atoms with Gasteiger partial charge in [-0.05, 0) is 19.9 Å². The maximum absolute atomic E-state index is 12.6. The predicted molar refractivity (Wildman–Crippen MR) is 81.0 cm³/mol. The third-order valence-corrected chi connectivity index (χ3v) is 4.49. The van der Waals surface area contributed by atoms with Crippen molar-refractivity contribution in [1.82, 2.24) is 4.90 Å². The number of rotatable bonds is 4. The average molecular weight is 319 g/mol. The van der Waals surface area contributed by atoms with Crippen molar-refractivity contribution < 1.29 is 19.2 Å². The van der Waals surface area contributed by atoms with Crippen molar-refractivity contribution >= 4 is 23.2 Å². The van der Waals surface area contributed by atoms with Crippen LogP contribution in [0.15, 0.2) is 18.2 Å². The van der Waals surface area contributed by atoms with E-state index in [1.165, 1.54) is 23.1 Å². The second-order valence-corrected chi connectivity index (χ2v) is 5.57. The largest absolute Gasteiger partial charge is 0.341 e. The number of carbonyl (C=O) groups is 2. The van der Waals surface area contributed by atoms with Gasteiger partial charge in [0.25, 0.3) is 17.5 Å². The molecule has 3 rings (SSSR count). The first-order valence-corrected chi connectivity index (χ1v) is 7.42. The average Bonchev–Trinajstić information content (AvgIpc) is 3.26. The number of nitro benzene ring substituents is 1. The number of epoxide rings is 1. The molecule has 2 amide bonds. The van der Waals surface area contributed by atoms with Crippen LogP contribution in [-0.2, 0) is 19.9 Å². The summed E-state index contributed by atoms with van der Waals surface area (Å²) >= 11 is 0. The van der Waals surface area contributed by atoms with Crippen LogP contribution in [0.4, 0.5) is 11.4 Å². The summed E-state index contributed by atoms with van der Waals surface area (Å²) in [6.45, 7) is 4.71. The highest BCUT2D eigenvalue weighted by molar-refractivity contribution is 6.12. The second-order valence-electron chi connectivity index (χ2n) is 5.57. The molecule has 1 saturated heterocycles. The van der Waals surface area contributed by atoms with Gasteiger partial charge in [-0.3, -0.25) is 19.7 Å². The Bertz CT molecular complexity index is 715. The van der Waals surface area contributed by atoms with Gasteiger partial charge in [0.15, 0.2) is 6.10 Å². The number of benzene rings is 1. The Kier molecular flexibility index (Phi) is 3.36. The topological polar surface area (TPSA) is 96.3 Å². The summed E-state index contributed by atoms with van der Waals surface area (Å²) in [6, 6.07) is 4.18. The second kappa shape index (κ2) is 5.02. The van der Waals surface area contributed by atoms with E-state index in [0.717, 1.165) is 0 Å². The van der Waals surface area contributed by atoms with E-state index in [-0.39, 0.29) is 17.5 Å². The fourth-order valence-electron chi connectivity index (χ4n) is 3.15. The zero-order valence-corrected chi connectivity index (χ0v) is 13.1. The Hall–Kier alpha value is -2.48. The monoisotopic (exact) mass is 319 g/mol. The minimum absolute atomic E-state index is 0.129. The lowest BCUT2D eigenvalue weighted by atomic mass is 9.95. The van der Waals surface area contributed by atoms with Crippen molar-refractivity contribution in [2.24, 2.45) is 0 Å². The normalized spacial score (nSPS) is 24.7. The van der Waals surface area contributed by atoms with Crippen LogP contribution in [-0.4, -0.2) is 47.9 Å². The van der Waals surface area contributed by atoms with E-state index < -0.39 is 16.6 Å². The van der Waals surface area contributed by atoms with Gasteiger partial charge in [-0.25, -0.2) is 0 Å². The third kappa shape index (κ3) is 1.94. The Morgan fingerprint density at radius 3 is 2.65 bits per heavy atom. The lowest BCUT2D eigenvalue weighted by Crippen LogP contribution is -2.39.